The summed E-state index contributed by atoms with van der Waals surface area (Å²) in [5.41, 5.74) is 2.89. The van der Waals surface area contributed by atoms with Gasteiger partial charge in [-0.25, -0.2) is 8.42 Å². The molecule has 0 bridgehead atoms. The number of amidine groups is 1. The zero-order valence-corrected chi connectivity index (χ0v) is 19.2. The molecule has 0 unspecified atom stereocenters. The monoisotopic (exact) mass is 445 g/mol. The van der Waals surface area contributed by atoms with Gasteiger partial charge in [-0.05, 0) is 42.3 Å². The minimum absolute atomic E-state index is 0.157. The van der Waals surface area contributed by atoms with Crippen LogP contribution in [0.4, 0.5) is 0 Å². The maximum Gasteiger partial charge on any atom is 0.259 e. The van der Waals surface area contributed by atoms with E-state index in [0.29, 0.717) is 36.9 Å². The molecule has 0 N–H and O–H groups in total. The van der Waals surface area contributed by atoms with Crippen LogP contribution in [-0.4, -0.2) is 54.9 Å². The molecule has 2 aromatic rings. The van der Waals surface area contributed by atoms with E-state index in [0.717, 1.165) is 5.75 Å². The van der Waals surface area contributed by atoms with E-state index in [-0.39, 0.29) is 10.8 Å². The molecule has 0 aliphatic carbocycles. The van der Waals surface area contributed by atoms with Crippen LogP contribution in [0.15, 0.2) is 58.4 Å². The fourth-order valence-corrected chi connectivity index (χ4v) is 5.87. The fraction of sp³-hybridized carbons (Fsp3) is 0.364. The van der Waals surface area contributed by atoms with Crippen LogP contribution >= 0.6 is 11.8 Å². The van der Waals surface area contributed by atoms with Gasteiger partial charge in [0.25, 0.3) is 5.91 Å². The number of thioether (sulfide) groups is 1. The lowest BCUT2D eigenvalue weighted by molar-refractivity contribution is 0.0860. The number of carbonyl (C=O) groups excluding carboxylic acids is 1. The summed E-state index contributed by atoms with van der Waals surface area (Å²) in [5, 5.41) is 0.711. The van der Waals surface area contributed by atoms with Crippen LogP contribution in [0, 0.1) is 6.92 Å². The molecular formula is C22H27N3O3S2. The predicted molar refractivity (Wildman–Crippen MR) is 122 cm³/mol. The third kappa shape index (κ3) is 4.77. The molecule has 0 fully saturated rings. The van der Waals surface area contributed by atoms with Crippen molar-refractivity contribution in [3.05, 3.63) is 65.2 Å². The van der Waals surface area contributed by atoms with Crippen molar-refractivity contribution in [3.8, 4) is 0 Å². The smallest absolute Gasteiger partial charge is 0.259 e. The first-order chi connectivity index (χ1) is 14.4. The molecule has 3 rings (SSSR count). The number of rotatable bonds is 7. The zero-order valence-electron chi connectivity index (χ0n) is 17.5. The van der Waals surface area contributed by atoms with Crippen molar-refractivity contribution in [1.82, 2.24) is 9.21 Å². The quantitative estimate of drug-likeness (QED) is 0.650. The molecule has 1 heterocycles. The number of hydrogen-bond donors (Lipinski definition) is 0. The van der Waals surface area contributed by atoms with Gasteiger partial charge in [-0.15, -0.1) is 0 Å². The van der Waals surface area contributed by atoms with E-state index in [1.807, 2.05) is 26.0 Å². The fourth-order valence-electron chi connectivity index (χ4n) is 3.29. The lowest BCUT2D eigenvalue weighted by Gasteiger charge is -2.20. The standard InChI is InChI=1S/C22H27N3O3S2/c1-4-24(5-2)30(27,28)20-12-10-18(11-13-20)21(26)25-15-14-23-22(25)29-16-19-9-7-6-8-17(19)3/h6-13H,4-5,14-16H2,1-3H3. The summed E-state index contributed by atoms with van der Waals surface area (Å²) in [7, 11) is -3.54. The summed E-state index contributed by atoms with van der Waals surface area (Å²) in [4.78, 5) is 19.4. The molecular weight excluding hydrogens is 418 g/mol. The minimum atomic E-state index is -3.54. The molecule has 160 valence electrons. The number of carbonyl (C=O) groups is 1. The van der Waals surface area contributed by atoms with E-state index in [9.17, 15) is 13.2 Å². The molecule has 8 heteroatoms. The average Bonchev–Trinajstić information content (AvgIpc) is 3.22. The van der Waals surface area contributed by atoms with Crippen LogP contribution in [0.5, 0.6) is 0 Å². The number of hydrogen-bond acceptors (Lipinski definition) is 5. The lowest BCUT2D eigenvalue weighted by atomic mass is 10.1. The molecule has 0 aromatic heterocycles. The molecule has 0 saturated carbocycles. The van der Waals surface area contributed by atoms with Crippen molar-refractivity contribution in [2.45, 2.75) is 31.4 Å². The molecule has 0 radical (unpaired) electrons. The summed E-state index contributed by atoms with van der Waals surface area (Å²) >= 11 is 1.55. The van der Waals surface area contributed by atoms with E-state index in [1.165, 1.54) is 27.6 Å². The van der Waals surface area contributed by atoms with Crippen molar-refractivity contribution in [1.29, 1.82) is 0 Å². The zero-order chi connectivity index (χ0) is 21.7. The number of aliphatic imine (C=N–C) groups is 1. The Morgan fingerprint density at radius 3 is 2.40 bits per heavy atom. The highest BCUT2D eigenvalue weighted by Gasteiger charge is 2.26. The normalized spacial score (nSPS) is 14.3. The first-order valence-electron chi connectivity index (χ1n) is 10.0. The Bertz CT molecular complexity index is 1030. The number of nitrogens with zero attached hydrogens (tertiary/aromatic N) is 3. The SMILES string of the molecule is CCN(CC)S(=O)(=O)c1ccc(C(=O)N2CCN=C2SCc2ccccc2C)cc1. The Hall–Kier alpha value is -2.16. The van der Waals surface area contributed by atoms with E-state index in [2.05, 4.69) is 24.0 Å². The summed E-state index contributed by atoms with van der Waals surface area (Å²) in [6, 6.07) is 14.4. The molecule has 1 aliphatic rings. The van der Waals surface area contributed by atoms with E-state index in [4.69, 9.17) is 0 Å². The van der Waals surface area contributed by atoms with Gasteiger partial charge >= 0.3 is 0 Å². The van der Waals surface area contributed by atoms with Gasteiger partial charge in [-0.3, -0.25) is 14.7 Å². The average molecular weight is 446 g/mol. The first-order valence-corrected chi connectivity index (χ1v) is 12.4. The van der Waals surface area contributed by atoms with Crippen molar-refractivity contribution in [2.75, 3.05) is 26.2 Å². The first kappa shape index (κ1) is 22.5. The van der Waals surface area contributed by atoms with Gasteiger partial charge in [-0.1, -0.05) is 49.9 Å². The van der Waals surface area contributed by atoms with Gasteiger partial charge in [0.2, 0.25) is 10.0 Å². The number of aryl methyl sites for hydroxylation is 1. The molecule has 6 nitrogen and oxygen atoms in total. The highest BCUT2D eigenvalue weighted by molar-refractivity contribution is 8.13. The van der Waals surface area contributed by atoms with Crippen molar-refractivity contribution in [3.63, 3.8) is 0 Å². The van der Waals surface area contributed by atoms with Crippen LogP contribution in [-0.2, 0) is 15.8 Å². The maximum atomic E-state index is 13.0. The van der Waals surface area contributed by atoms with Gasteiger partial charge in [0.15, 0.2) is 5.17 Å². The lowest BCUT2D eigenvalue weighted by Crippen LogP contribution is -2.33. The van der Waals surface area contributed by atoms with Crippen LogP contribution in [0.3, 0.4) is 0 Å². The second-order valence-corrected chi connectivity index (χ2v) is 9.83. The van der Waals surface area contributed by atoms with E-state index in [1.54, 1.807) is 28.8 Å². The summed E-state index contributed by atoms with van der Waals surface area (Å²) in [6.07, 6.45) is 0. The van der Waals surface area contributed by atoms with Gasteiger partial charge in [0.1, 0.15) is 0 Å². The molecule has 1 amide bonds. The number of benzene rings is 2. The third-order valence-corrected chi connectivity index (χ3v) is 8.24. The summed E-state index contributed by atoms with van der Waals surface area (Å²) in [5.74, 6) is 0.589. The second-order valence-electron chi connectivity index (χ2n) is 6.95. The molecule has 0 saturated heterocycles. The van der Waals surface area contributed by atoms with E-state index >= 15 is 0 Å². The second kappa shape index (κ2) is 9.76. The molecule has 2 aromatic carbocycles. The Morgan fingerprint density at radius 2 is 1.77 bits per heavy atom. The minimum Gasteiger partial charge on any atom is -0.286 e. The highest BCUT2D eigenvalue weighted by atomic mass is 32.2. The molecule has 0 spiro atoms. The third-order valence-electron chi connectivity index (χ3n) is 5.11. The topological polar surface area (TPSA) is 70.1 Å². The maximum absolute atomic E-state index is 13.0. The van der Waals surface area contributed by atoms with Crippen molar-refractivity contribution in [2.24, 2.45) is 4.99 Å². The van der Waals surface area contributed by atoms with Crippen LogP contribution in [0.1, 0.15) is 35.3 Å². The molecule has 1 aliphatic heterocycles. The summed E-state index contributed by atoms with van der Waals surface area (Å²) in [6.45, 7) is 7.62. The van der Waals surface area contributed by atoms with Crippen molar-refractivity contribution < 1.29 is 13.2 Å². The Kier molecular flexibility index (Phi) is 7.33. The highest BCUT2D eigenvalue weighted by Crippen LogP contribution is 2.24. The van der Waals surface area contributed by atoms with Gasteiger partial charge in [0, 0.05) is 31.0 Å². The van der Waals surface area contributed by atoms with Gasteiger partial charge < -0.3 is 0 Å². The predicted octanol–water partition coefficient (Wildman–Crippen LogP) is 3.77. The van der Waals surface area contributed by atoms with Crippen molar-refractivity contribution >= 4 is 32.9 Å². The van der Waals surface area contributed by atoms with Gasteiger partial charge in [0.05, 0.1) is 11.4 Å². The largest absolute Gasteiger partial charge is 0.286 e. The van der Waals surface area contributed by atoms with E-state index < -0.39 is 10.0 Å². The van der Waals surface area contributed by atoms with Crippen LogP contribution in [0.25, 0.3) is 0 Å². The number of sulfonamides is 1. The van der Waals surface area contributed by atoms with Crippen LogP contribution in [0.2, 0.25) is 0 Å². The molecule has 0 atom stereocenters. The van der Waals surface area contributed by atoms with Gasteiger partial charge in [-0.2, -0.15) is 4.31 Å². The van der Waals surface area contributed by atoms with Crippen LogP contribution < -0.4 is 0 Å². The molecule has 30 heavy (non-hydrogen) atoms. The number of amides is 1. The Morgan fingerprint density at radius 1 is 1.10 bits per heavy atom. The Balaban J connectivity index is 1.71. The Labute approximate surface area is 183 Å². The summed E-state index contributed by atoms with van der Waals surface area (Å²) < 4.78 is 26.7.